The lowest BCUT2D eigenvalue weighted by Gasteiger charge is -2.20. The normalized spacial score (nSPS) is 14.3. The lowest BCUT2D eigenvalue weighted by Crippen LogP contribution is -2.17. The van der Waals surface area contributed by atoms with Crippen molar-refractivity contribution in [3.8, 4) is 0 Å². The fraction of sp³-hybridized carbons (Fsp3) is 0.750. The van der Waals surface area contributed by atoms with Crippen molar-refractivity contribution in [2.24, 2.45) is 16.8 Å². The van der Waals surface area contributed by atoms with Gasteiger partial charge in [0.15, 0.2) is 0 Å². The first-order valence-electron chi connectivity index (χ1n) is 5.44. The summed E-state index contributed by atoms with van der Waals surface area (Å²) in [6, 6.07) is 0. The van der Waals surface area contributed by atoms with Crippen molar-refractivity contribution in [1.29, 1.82) is 0 Å². The maximum Gasteiger partial charge on any atom is 0.0984 e. The summed E-state index contributed by atoms with van der Waals surface area (Å²) in [6.07, 6.45) is 2.37. The zero-order valence-corrected chi connectivity index (χ0v) is 10.2. The number of amidine groups is 1. The molecule has 0 rings (SSSR count). The lowest BCUT2D eigenvalue weighted by atomic mass is 9.89. The Balaban J connectivity index is 4.44. The van der Waals surface area contributed by atoms with Gasteiger partial charge in [-0.15, -0.1) is 0 Å². The standard InChI is InChI=1S/C12H24N2/c1-7-8-12(9(2)3)10(4)14-11(5)13-6/h9,12H,4,7-8H2,1-3,5-6H3,(H,13,14). The van der Waals surface area contributed by atoms with E-state index in [9.17, 15) is 0 Å². The average Bonchev–Trinajstić information content (AvgIpc) is 2.13. The third-order valence-electron chi connectivity index (χ3n) is 2.51. The van der Waals surface area contributed by atoms with Crippen LogP contribution in [0.15, 0.2) is 17.3 Å². The molecule has 0 bridgehead atoms. The Kier molecular flexibility index (Phi) is 6.26. The molecule has 0 radical (unpaired) electrons. The van der Waals surface area contributed by atoms with Crippen LogP contribution in [0.4, 0.5) is 0 Å². The zero-order valence-electron chi connectivity index (χ0n) is 10.2. The lowest BCUT2D eigenvalue weighted by molar-refractivity contribution is 0.409. The van der Waals surface area contributed by atoms with Crippen molar-refractivity contribution in [3.63, 3.8) is 0 Å². The maximum atomic E-state index is 4.45. The topological polar surface area (TPSA) is 24.4 Å². The third-order valence-corrected chi connectivity index (χ3v) is 2.51. The van der Waals surface area contributed by atoms with E-state index in [1.165, 1.54) is 12.8 Å². The van der Waals surface area contributed by atoms with Gasteiger partial charge in [-0.05, 0) is 19.3 Å². The Labute approximate surface area is 88.5 Å². The predicted octanol–water partition coefficient (Wildman–Crippen LogP) is 3.21. The van der Waals surface area contributed by atoms with Crippen LogP contribution in [0.5, 0.6) is 0 Å². The highest BCUT2D eigenvalue weighted by Gasteiger charge is 2.15. The van der Waals surface area contributed by atoms with Crippen molar-refractivity contribution < 1.29 is 0 Å². The minimum atomic E-state index is 0.517. The second-order valence-corrected chi connectivity index (χ2v) is 4.08. The monoisotopic (exact) mass is 196 g/mol. The smallest absolute Gasteiger partial charge is 0.0984 e. The molecule has 1 atom stereocenters. The molecule has 0 aliphatic rings. The predicted molar refractivity (Wildman–Crippen MR) is 64.5 cm³/mol. The molecular formula is C12H24N2. The van der Waals surface area contributed by atoms with Gasteiger partial charge in [0.2, 0.25) is 0 Å². The Morgan fingerprint density at radius 3 is 2.36 bits per heavy atom. The molecule has 0 saturated carbocycles. The van der Waals surface area contributed by atoms with E-state index < -0.39 is 0 Å². The number of aliphatic imine (C=N–C) groups is 1. The summed E-state index contributed by atoms with van der Waals surface area (Å²) < 4.78 is 0. The molecule has 0 spiro atoms. The molecule has 0 aromatic carbocycles. The molecular weight excluding hydrogens is 172 g/mol. The first kappa shape index (κ1) is 13.2. The van der Waals surface area contributed by atoms with Crippen LogP contribution in [-0.4, -0.2) is 12.9 Å². The Morgan fingerprint density at radius 1 is 1.43 bits per heavy atom. The summed E-state index contributed by atoms with van der Waals surface area (Å²) in [6.45, 7) is 12.7. The van der Waals surface area contributed by atoms with Gasteiger partial charge in [-0.1, -0.05) is 33.8 Å². The highest BCUT2D eigenvalue weighted by atomic mass is 15.0. The highest BCUT2D eigenvalue weighted by molar-refractivity contribution is 5.80. The molecule has 0 aliphatic heterocycles. The van der Waals surface area contributed by atoms with Crippen molar-refractivity contribution in [3.05, 3.63) is 12.3 Å². The van der Waals surface area contributed by atoms with E-state index in [1.54, 1.807) is 0 Å². The van der Waals surface area contributed by atoms with Crippen molar-refractivity contribution in [2.45, 2.75) is 40.5 Å². The Bertz CT molecular complexity index is 204. The van der Waals surface area contributed by atoms with Crippen molar-refractivity contribution in [1.82, 2.24) is 5.32 Å². The van der Waals surface area contributed by atoms with E-state index in [-0.39, 0.29) is 0 Å². The second kappa shape index (κ2) is 6.63. The molecule has 0 aliphatic carbocycles. The number of allylic oxidation sites excluding steroid dienone is 1. The van der Waals surface area contributed by atoms with Crippen molar-refractivity contribution in [2.75, 3.05) is 7.05 Å². The molecule has 14 heavy (non-hydrogen) atoms. The van der Waals surface area contributed by atoms with Crippen molar-refractivity contribution >= 4 is 5.84 Å². The van der Waals surface area contributed by atoms with Crippen LogP contribution in [0.3, 0.4) is 0 Å². The van der Waals surface area contributed by atoms with E-state index >= 15 is 0 Å². The first-order valence-corrected chi connectivity index (χ1v) is 5.44. The van der Waals surface area contributed by atoms with Crippen LogP contribution in [-0.2, 0) is 0 Å². The number of hydrogen-bond donors (Lipinski definition) is 1. The van der Waals surface area contributed by atoms with Crippen LogP contribution in [0.2, 0.25) is 0 Å². The molecule has 0 aromatic heterocycles. The quantitative estimate of drug-likeness (QED) is 0.530. The summed E-state index contributed by atoms with van der Waals surface area (Å²) in [7, 11) is 1.89. The molecule has 1 unspecified atom stereocenters. The van der Waals surface area contributed by atoms with Gasteiger partial charge < -0.3 is 5.32 Å². The first-order chi connectivity index (χ1) is 6.52. The van der Waals surface area contributed by atoms with E-state index in [4.69, 9.17) is 0 Å². The highest BCUT2D eigenvalue weighted by Crippen LogP contribution is 2.25. The van der Waals surface area contributed by atoms with Crippen LogP contribution in [0.1, 0.15) is 40.5 Å². The Hall–Kier alpha value is -0.790. The molecule has 0 amide bonds. The Morgan fingerprint density at radius 2 is 2.00 bits per heavy atom. The number of nitrogens with one attached hydrogen (secondary N) is 1. The average molecular weight is 196 g/mol. The van der Waals surface area contributed by atoms with E-state index in [1.807, 2.05) is 14.0 Å². The zero-order chi connectivity index (χ0) is 11.1. The third kappa shape index (κ3) is 4.45. The van der Waals surface area contributed by atoms with Gasteiger partial charge in [0.25, 0.3) is 0 Å². The summed E-state index contributed by atoms with van der Waals surface area (Å²) in [4.78, 5) is 4.45. The fourth-order valence-electron chi connectivity index (χ4n) is 1.55. The van der Waals surface area contributed by atoms with Gasteiger partial charge in [0, 0.05) is 18.7 Å². The largest absolute Gasteiger partial charge is 0.377 e. The van der Waals surface area contributed by atoms with Gasteiger partial charge in [-0.3, -0.25) is 0 Å². The summed E-state index contributed by atoms with van der Waals surface area (Å²) in [5.41, 5.74) is 1.01. The fourth-order valence-corrected chi connectivity index (χ4v) is 1.55. The van der Waals surface area contributed by atoms with E-state index in [0.29, 0.717) is 11.8 Å². The number of nitrogens with zero attached hydrogens (tertiary/aromatic N) is 1. The summed E-state index contributed by atoms with van der Waals surface area (Å²) in [5.74, 6) is 2.08. The minimum Gasteiger partial charge on any atom is -0.377 e. The van der Waals surface area contributed by atoms with Crippen LogP contribution >= 0.6 is 0 Å². The molecule has 2 heteroatoms. The second-order valence-electron chi connectivity index (χ2n) is 4.08. The summed E-state index contributed by atoms with van der Waals surface area (Å²) >= 11 is 0. The van der Waals surface area contributed by atoms with Gasteiger partial charge in [0.1, 0.15) is 0 Å². The van der Waals surface area contributed by atoms with E-state index in [2.05, 4.69) is 37.7 Å². The molecule has 82 valence electrons. The maximum absolute atomic E-state index is 4.45. The van der Waals surface area contributed by atoms with Crippen LogP contribution in [0, 0.1) is 11.8 Å². The van der Waals surface area contributed by atoms with Gasteiger partial charge >= 0.3 is 0 Å². The number of rotatable bonds is 5. The van der Waals surface area contributed by atoms with Gasteiger partial charge in [-0.2, -0.15) is 0 Å². The van der Waals surface area contributed by atoms with Gasteiger partial charge in [-0.25, -0.2) is 4.99 Å². The minimum absolute atomic E-state index is 0.517. The van der Waals surface area contributed by atoms with Crippen LogP contribution < -0.4 is 5.32 Å². The molecule has 0 saturated heterocycles. The molecule has 0 aromatic rings. The molecule has 1 N–H and O–H groups in total. The van der Waals surface area contributed by atoms with E-state index in [0.717, 1.165) is 11.5 Å². The molecule has 2 nitrogen and oxygen atoms in total. The SMILES string of the molecule is C=C(/N=C(/C)NC)C(CCC)C(C)C. The molecule has 0 fully saturated rings. The van der Waals surface area contributed by atoms with Crippen LogP contribution in [0.25, 0.3) is 0 Å². The molecule has 0 heterocycles. The number of hydrogen-bond acceptors (Lipinski definition) is 1. The summed E-state index contributed by atoms with van der Waals surface area (Å²) in [5, 5.41) is 3.02. The van der Waals surface area contributed by atoms with Gasteiger partial charge in [0.05, 0.1) is 5.84 Å².